The summed E-state index contributed by atoms with van der Waals surface area (Å²) in [5.41, 5.74) is 1.76. The van der Waals surface area contributed by atoms with Gasteiger partial charge in [-0.15, -0.1) is 5.10 Å². The van der Waals surface area contributed by atoms with Crippen molar-refractivity contribution in [1.29, 1.82) is 0 Å². The van der Waals surface area contributed by atoms with Gasteiger partial charge in [-0.3, -0.25) is 14.6 Å². The smallest absolute Gasteiger partial charge is 0.243 e. The van der Waals surface area contributed by atoms with Crippen molar-refractivity contribution in [2.75, 3.05) is 32.7 Å². The molecule has 0 unspecified atom stereocenters. The van der Waals surface area contributed by atoms with E-state index in [1.165, 1.54) is 11.9 Å². The molecule has 1 atom stereocenters. The number of hydrogen-bond acceptors (Lipinski definition) is 5. The lowest BCUT2D eigenvalue weighted by Gasteiger charge is -2.34. The summed E-state index contributed by atoms with van der Waals surface area (Å²) in [4.78, 5) is 16.8. The lowest BCUT2D eigenvalue weighted by atomic mass is 10.2. The molecule has 0 N–H and O–H groups in total. The van der Waals surface area contributed by atoms with Crippen molar-refractivity contribution in [1.82, 2.24) is 14.8 Å². The summed E-state index contributed by atoms with van der Waals surface area (Å²) in [7, 11) is 0. The summed E-state index contributed by atoms with van der Waals surface area (Å²) in [6.07, 6.45) is -0.708. The second-order valence-corrected chi connectivity index (χ2v) is 8.81. The highest BCUT2D eigenvalue weighted by Gasteiger charge is 2.35. The molecule has 9 heteroatoms. The summed E-state index contributed by atoms with van der Waals surface area (Å²) in [6, 6.07) is 13.2. The normalized spacial score (nSPS) is 19.9. The summed E-state index contributed by atoms with van der Waals surface area (Å²) >= 11 is 18.8. The molecule has 0 aromatic heterocycles. The fraction of sp³-hybridized carbons (Fsp3) is 0.364. The molecule has 2 aromatic carbocycles. The zero-order valence-corrected chi connectivity index (χ0v) is 19.4. The number of piperazine rings is 1. The van der Waals surface area contributed by atoms with Crippen LogP contribution in [0.4, 0.5) is 0 Å². The molecular weight excluding hydrogens is 459 g/mol. The zero-order valence-electron chi connectivity index (χ0n) is 17.1. The van der Waals surface area contributed by atoms with Gasteiger partial charge in [0, 0.05) is 50.2 Å². The van der Waals surface area contributed by atoms with Crippen LogP contribution in [0, 0.1) is 0 Å². The highest BCUT2D eigenvalue weighted by atomic mass is 35.5. The first-order chi connectivity index (χ1) is 14.9. The van der Waals surface area contributed by atoms with Gasteiger partial charge < -0.3 is 4.74 Å². The van der Waals surface area contributed by atoms with E-state index in [-0.39, 0.29) is 5.91 Å². The van der Waals surface area contributed by atoms with Gasteiger partial charge in [0.1, 0.15) is 0 Å². The fourth-order valence-corrected chi connectivity index (χ4v) is 4.35. The second-order valence-electron chi connectivity index (χ2n) is 7.61. The van der Waals surface area contributed by atoms with Crippen molar-refractivity contribution >= 4 is 46.6 Å². The van der Waals surface area contributed by atoms with E-state index in [0.717, 1.165) is 43.3 Å². The third-order valence-electron chi connectivity index (χ3n) is 5.43. The summed E-state index contributed by atoms with van der Waals surface area (Å²) in [6.45, 7) is 6.38. The van der Waals surface area contributed by atoms with Crippen molar-refractivity contribution < 1.29 is 9.53 Å². The van der Waals surface area contributed by atoms with E-state index >= 15 is 0 Å². The standard InChI is InChI=1S/C22H23Cl3N4O2/c1-15(30)29-22(17-6-4-8-19(24)21(17)25)31-20(26-29)14-28-11-9-27(10-12-28)13-16-5-2-3-7-18(16)23/h2-8,22H,9-14H2,1H3/t22-/m1/s1. The van der Waals surface area contributed by atoms with Crippen LogP contribution in [0.2, 0.25) is 15.1 Å². The van der Waals surface area contributed by atoms with E-state index in [2.05, 4.69) is 21.0 Å². The third kappa shape index (κ3) is 5.16. The lowest BCUT2D eigenvalue weighted by molar-refractivity contribution is -0.135. The zero-order chi connectivity index (χ0) is 22.0. The van der Waals surface area contributed by atoms with Crippen LogP contribution in [0.15, 0.2) is 47.6 Å². The van der Waals surface area contributed by atoms with Crippen LogP contribution in [-0.4, -0.2) is 59.3 Å². The molecule has 2 aromatic rings. The van der Waals surface area contributed by atoms with Crippen LogP contribution in [-0.2, 0) is 16.1 Å². The van der Waals surface area contributed by atoms with Gasteiger partial charge in [-0.1, -0.05) is 65.1 Å². The van der Waals surface area contributed by atoms with Crippen LogP contribution < -0.4 is 0 Å². The van der Waals surface area contributed by atoms with Gasteiger partial charge in [0.05, 0.1) is 16.6 Å². The van der Waals surface area contributed by atoms with E-state index in [0.29, 0.717) is 28.1 Å². The highest BCUT2D eigenvalue weighted by molar-refractivity contribution is 6.42. The first-order valence-electron chi connectivity index (χ1n) is 10.1. The van der Waals surface area contributed by atoms with Crippen LogP contribution in [0.3, 0.4) is 0 Å². The molecule has 0 aliphatic carbocycles. The molecule has 4 rings (SSSR count). The molecule has 164 valence electrons. The molecule has 1 saturated heterocycles. The molecule has 0 saturated carbocycles. The molecule has 0 spiro atoms. The first kappa shape index (κ1) is 22.4. The van der Waals surface area contributed by atoms with Crippen molar-refractivity contribution in [3.8, 4) is 0 Å². The Morgan fingerprint density at radius 2 is 1.61 bits per heavy atom. The van der Waals surface area contributed by atoms with E-state index in [4.69, 9.17) is 39.5 Å². The molecule has 2 aliphatic heterocycles. The van der Waals surface area contributed by atoms with E-state index < -0.39 is 6.23 Å². The van der Waals surface area contributed by atoms with Crippen LogP contribution in [0.25, 0.3) is 0 Å². The SMILES string of the molecule is CC(=O)N1N=C(CN2CCN(Cc3ccccc3Cl)CC2)O[C@@H]1c1cccc(Cl)c1Cl. The molecule has 0 bridgehead atoms. The largest absolute Gasteiger partial charge is 0.448 e. The molecule has 1 fully saturated rings. The van der Waals surface area contributed by atoms with E-state index in [9.17, 15) is 4.79 Å². The van der Waals surface area contributed by atoms with Crippen molar-refractivity contribution in [2.45, 2.75) is 19.7 Å². The fourth-order valence-electron chi connectivity index (χ4n) is 3.75. The minimum absolute atomic E-state index is 0.222. The van der Waals surface area contributed by atoms with Crippen molar-refractivity contribution in [2.24, 2.45) is 5.10 Å². The minimum atomic E-state index is -0.708. The molecular formula is C22H23Cl3N4O2. The molecule has 2 heterocycles. The number of carbonyl (C=O) groups is 1. The van der Waals surface area contributed by atoms with Crippen molar-refractivity contribution in [3.05, 3.63) is 68.7 Å². The Balaban J connectivity index is 1.36. The monoisotopic (exact) mass is 480 g/mol. The summed E-state index contributed by atoms with van der Waals surface area (Å²) in [5.74, 6) is 0.274. The number of carbonyl (C=O) groups excluding carboxylic acids is 1. The molecule has 0 radical (unpaired) electrons. The van der Waals surface area contributed by atoms with Crippen LogP contribution >= 0.6 is 34.8 Å². The minimum Gasteiger partial charge on any atom is -0.448 e. The number of hydrazone groups is 1. The number of ether oxygens (including phenoxy) is 1. The predicted octanol–water partition coefficient (Wildman–Crippen LogP) is 4.66. The number of nitrogens with zero attached hydrogens (tertiary/aromatic N) is 4. The highest BCUT2D eigenvalue weighted by Crippen LogP contribution is 2.36. The predicted molar refractivity (Wildman–Crippen MR) is 123 cm³/mol. The van der Waals surface area contributed by atoms with Crippen LogP contribution in [0.1, 0.15) is 24.3 Å². The molecule has 2 aliphatic rings. The Morgan fingerprint density at radius 3 is 2.29 bits per heavy atom. The first-order valence-corrected chi connectivity index (χ1v) is 11.2. The number of benzene rings is 2. The van der Waals surface area contributed by atoms with E-state index in [1.54, 1.807) is 18.2 Å². The average Bonchev–Trinajstić information content (AvgIpc) is 3.17. The number of halogens is 3. The van der Waals surface area contributed by atoms with Gasteiger partial charge in [-0.25, -0.2) is 0 Å². The average molecular weight is 482 g/mol. The van der Waals surface area contributed by atoms with Gasteiger partial charge in [0.15, 0.2) is 0 Å². The number of rotatable bonds is 5. The Hall–Kier alpha value is -1.83. The number of amides is 1. The second kappa shape index (κ2) is 9.76. The molecule has 1 amide bonds. The third-order valence-corrected chi connectivity index (χ3v) is 6.64. The topological polar surface area (TPSA) is 48.4 Å². The van der Waals surface area contributed by atoms with Gasteiger partial charge in [-0.05, 0) is 17.7 Å². The van der Waals surface area contributed by atoms with Crippen LogP contribution in [0.5, 0.6) is 0 Å². The maximum absolute atomic E-state index is 12.1. The Labute approximate surface area is 196 Å². The van der Waals surface area contributed by atoms with E-state index in [1.807, 2.05) is 18.2 Å². The molecule has 6 nitrogen and oxygen atoms in total. The van der Waals surface area contributed by atoms with Gasteiger partial charge >= 0.3 is 0 Å². The lowest BCUT2D eigenvalue weighted by Crippen LogP contribution is -2.47. The Kier molecular flexibility index (Phi) is 7.04. The Bertz CT molecular complexity index is 992. The van der Waals surface area contributed by atoms with Gasteiger partial charge in [-0.2, -0.15) is 5.01 Å². The maximum atomic E-state index is 12.1. The Morgan fingerprint density at radius 1 is 0.968 bits per heavy atom. The summed E-state index contributed by atoms with van der Waals surface area (Å²) in [5, 5.41) is 7.31. The summed E-state index contributed by atoms with van der Waals surface area (Å²) < 4.78 is 6.04. The van der Waals surface area contributed by atoms with Crippen molar-refractivity contribution in [3.63, 3.8) is 0 Å². The number of hydrogen-bond donors (Lipinski definition) is 0. The molecule has 31 heavy (non-hydrogen) atoms. The van der Waals surface area contributed by atoms with Gasteiger partial charge in [0.2, 0.25) is 18.0 Å². The maximum Gasteiger partial charge on any atom is 0.243 e. The van der Waals surface area contributed by atoms with Gasteiger partial charge in [0.25, 0.3) is 0 Å². The quantitative estimate of drug-likeness (QED) is 0.623.